The summed E-state index contributed by atoms with van der Waals surface area (Å²) in [6, 6.07) is 0. The van der Waals surface area contributed by atoms with Crippen molar-refractivity contribution >= 4 is 5.82 Å². The largest absolute Gasteiger partial charge is 0.382 e. The van der Waals surface area contributed by atoms with Gasteiger partial charge in [0, 0.05) is 7.04 Å². The zero-order valence-electron chi connectivity index (χ0n) is 10.0. The summed E-state index contributed by atoms with van der Waals surface area (Å²) in [5.74, 6) is 0.114. The van der Waals surface area contributed by atoms with Crippen LogP contribution in [0.4, 0.5) is 5.82 Å². The molecule has 10 heavy (non-hydrogen) atoms. The highest BCUT2D eigenvalue weighted by molar-refractivity contribution is 5.22. The van der Waals surface area contributed by atoms with Gasteiger partial charge in [-0.25, -0.2) is 4.98 Å². The van der Waals surface area contributed by atoms with Crippen molar-refractivity contribution in [2.45, 2.75) is 6.56 Å². The third-order valence-corrected chi connectivity index (χ3v) is 0.827. The van der Waals surface area contributed by atoms with Crippen molar-refractivity contribution in [1.82, 2.24) is 9.97 Å². The van der Waals surface area contributed by atoms with Crippen LogP contribution in [-0.4, -0.2) is 17.0 Å². The lowest BCUT2D eigenvalue weighted by Crippen LogP contribution is -1.96. The molecule has 0 atom stereocenters. The molecule has 0 aliphatic heterocycles. The quantitative estimate of drug-likeness (QED) is 0.644. The maximum atomic E-state index is 7.33. The highest BCUT2D eigenvalue weighted by atomic mass is 16.5. The van der Waals surface area contributed by atoms with Crippen LogP contribution in [0.15, 0.2) is 12.4 Å². The third-order valence-electron chi connectivity index (χ3n) is 0.827. The summed E-state index contributed by atoms with van der Waals surface area (Å²) < 4.78 is 39.2. The molecule has 0 amide bonds. The monoisotopic (exact) mass is 144 g/mol. The van der Waals surface area contributed by atoms with E-state index in [1.807, 2.05) is 0 Å². The standard InChI is InChI=1S/C6H9N3O/c1-10-4-5-2-9-6(7)3-8-5/h2-3H,4H2,1H3,(H2,7,9)/i1D3,4D2. The lowest BCUT2D eigenvalue weighted by atomic mass is 10.5. The van der Waals surface area contributed by atoms with Crippen molar-refractivity contribution < 1.29 is 11.6 Å². The Morgan fingerprint density at radius 1 is 1.80 bits per heavy atom. The molecule has 0 spiro atoms. The van der Waals surface area contributed by atoms with Gasteiger partial charge in [0.05, 0.1) is 31.5 Å². The van der Waals surface area contributed by atoms with Crippen LogP contribution >= 0.6 is 0 Å². The van der Waals surface area contributed by atoms with Crippen LogP contribution in [0.2, 0.25) is 0 Å². The van der Waals surface area contributed by atoms with Crippen LogP contribution in [-0.2, 0) is 11.3 Å². The van der Waals surface area contributed by atoms with Crippen molar-refractivity contribution in [3.05, 3.63) is 18.1 Å². The fourth-order valence-electron chi connectivity index (χ4n) is 0.443. The molecule has 4 heteroatoms. The summed E-state index contributed by atoms with van der Waals surface area (Å²) in [4.78, 5) is 7.18. The molecule has 0 aliphatic carbocycles. The number of methoxy groups -OCH3 is 1. The zero-order chi connectivity index (χ0) is 11.7. The predicted octanol–water partition coefficient (Wildman–Crippen LogP) is 0.205. The highest BCUT2D eigenvalue weighted by Gasteiger charge is 1.91. The number of ether oxygens (including phenoxy) is 1. The minimum atomic E-state index is -2.84. The van der Waals surface area contributed by atoms with Gasteiger partial charge in [-0.1, -0.05) is 0 Å². The van der Waals surface area contributed by atoms with E-state index in [1.165, 1.54) is 0 Å². The number of nitrogens with zero attached hydrogens (tertiary/aromatic N) is 2. The van der Waals surface area contributed by atoms with E-state index >= 15 is 0 Å². The SMILES string of the molecule is [2H]C([2H])([2H])OC([2H])([2H])c1cnc(N)cn1. The molecule has 4 nitrogen and oxygen atoms in total. The molecule has 2 N–H and O–H groups in total. The van der Waals surface area contributed by atoms with Crippen molar-refractivity contribution in [2.24, 2.45) is 0 Å². The number of hydrogen-bond acceptors (Lipinski definition) is 4. The Morgan fingerprint density at radius 3 is 3.30 bits per heavy atom. The van der Waals surface area contributed by atoms with Crippen molar-refractivity contribution in [1.29, 1.82) is 0 Å². The Morgan fingerprint density at radius 2 is 2.70 bits per heavy atom. The van der Waals surface area contributed by atoms with Crippen LogP contribution in [0.25, 0.3) is 0 Å². The number of nitrogens with two attached hydrogens (primary N) is 1. The zero-order valence-corrected chi connectivity index (χ0v) is 5.03. The van der Waals surface area contributed by atoms with Crippen molar-refractivity contribution in [3.63, 3.8) is 0 Å². The molecule has 0 saturated carbocycles. The molecule has 1 aromatic heterocycles. The van der Waals surface area contributed by atoms with Gasteiger partial charge >= 0.3 is 0 Å². The first-order chi connectivity index (χ1) is 6.71. The summed E-state index contributed by atoms with van der Waals surface area (Å²) in [7, 11) is -2.84. The lowest BCUT2D eigenvalue weighted by molar-refractivity contribution is 0.181. The molecule has 54 valence electrons. The maximum Gasteiger partial charge on any atom is 0.141 e. The van der Waals surface area contributed by atoms with E-state index in [1.54, 1.807) is 0 Å². The van der Waals surface area contributed by atoms with E-state index in [0.29, 0.717) is 0 Å². The van der Waals surface area contributed by atoms with Gasteiger partial charge in [-0.3, -0.25) is 4.98 Å². The van der Waals surface area contributed by atoms with Crippen LogP contribution in [0.5, 0.6) is 0 Å². The van der Waals surface area contributed by atoms with E-state index < -0.39 is 13.6 Å². The molecule has 1 heterocycles. The number of hydrogen-bond donors (Lipinski definition) is 1. The Kier molecular flexibility index (Phi) is 0.885. The van der Waals surface area contributed by atoms with Crippen LogP contribution < -0.4 is 5.73 Å². The van der Waals surface area contributed by atoms with Gasteiger partial charge in [-0.2, -0.15) is 0 Å². The molecular formula is C6H9N3O. The Hall–Kier alpha value is -1.16. The molecule has 0 aromatic carbocycles. The van der Waals surface area contributed by atoms with E-state index in [9.17, 15) is 0 Å². The molecule has 0 saturated heterocycles. The fourth-order valence-corrected chi connectivity index (χ4v) is 0.443. The molecule has 0 radical (unpaired) electrons. The van der Waals surface area contributed by atoms with Gasteiger partial charge in [0.2, 0.25) is 0 Å². The van der Waals surface area contributed by atoms with E-state index in [0.717, 1.165) is 12.4 Å². The van der Waals surface area contributed by atoms with Gasteiger partial charge in [-0.05, 0) is 0 Å². The molecule has 0 bridgehead atoms. The van der Waals surface area contributed by atoms with Crippen molar-refractivity contribution in [2.75, 3.05) is 12.8 Å². The van der Waals surface area contributed by atoms with Gasteiger partial charge in [0.25, 0.3) is 0 Å². The smallest absolute Gasteiger partial charge is 0.141 e. The average molecular weight is 144 g/mol. The third kappa shape index (κ3) is 1.66. The predicted molar refractivity (Wildman–Crippen MR) is 37.2 cm³/mol. The van der Waals surface area contributed by atoms with Gasteiger partial charge in [0.1, 0.15) is 5.82 Å². The number of aromatic nitrogens is 2. The molecule has 0 fully saturated rings. The van der Waals surface area contributed by atoms with Crippen molar-refractivity contribution in [3.8, 4) is 0 Å². The lowest BCUT2D eigenvalue weighted by Gasteiger charge is -1.96. The molecule has 1 aromatic rings. The first-order valence-corrected chi connectivity index (χ1v) is 2.49. The summed E-state index contributed by atoms with van der Waals surface area (Å²) in [5.41, 5.74) is 5.01. The Balaban J connectivity index is 2.90. The second-order valence-corrected chi connectivity index (χ2v) is 1.53. The number of anilines is 1. The maximum absolute atomic E-state index is 7.33. The van der Waals surface area contributed by atoms with Crippen LogP contribution in [0, 0.1) is 0 Å². The molecule has 1 rings (SSSR count). The number of nitrogen functional groups attached to an aromatic ring is 1. The summed E-state index contributed by atoms with van der Waals surface area (Å²) in [5, 5.41) is 0. The first-order valence-electron chi connectivity index (χ1n) is 4.99. The second-order valence-electron chi connectivity index (χ2n) is 1.53. The molecule has 0 unspecified atom stereocenters. The van der Waals surface area contributed by atoms with Crippen LogP contribution in [0.1, 0.15) is 12.5 Å². The summed E-state index contributed by atoms with van der Waals surface area (Å²) >= 11 is 0. The van der Waals surface area contributed by atoms with Gasteiger partial charge in [-0.15, -0.1) is 0 Å². The average Bonchev–Trinajstić information content (AvgIpc) is 2.00. The fraction of sp³-hybridized carbons (Fsp3) is 0.333. The minimum absolute atomic E-state index is 0.114. The van der Waals surface area contributed by atoms with Crippen LogP contribution in [0.3, 0.4) is 0 Å². The minimum Gasteiger partial charge on any atom is -0.382 e. The highest BCUT2D eigenvalue weighted by Crippen LogP contribution is 1.96. The van der Waals surface area contributed by atoms with Gasteiger partial charge < -0.3 is 10.5 Å². The van der Waals surface area contributed by atoms with E-state index in [2.05, 4.69) is 14.7 Å². The first kappa shape index (κ1) is 2.84. The van der Waals surface area contributed by atoms with E-state index in [-0.39, 0.29) is 11.5 Å². The topological polar surface area (TPSA) is 61.0 Å². The second kappa shape index (κ2) is 3.12. The number of rotatable bonds is 2. The molecule has 0 aliphatic rings. The molecular weight excluding hydrogens is 130 g/mol. The van der Waals surface area contributed by atoms with E-state index in [4.69, 9.17) is 12.6 Å². The Bertz CT molecular complexity index is 336. The van der Waals surface area contributed by atoms with Gasteiger partial charge in [0.15, 0.2) is 0 Å². The summed E-state index contributed by atoms with van der Waals surface area (Å²) in [6.07, 6.45) is 2.15. The Labute approximate surface area is 66.1 Å². The normalized spacial score (nSPS) is 19.8. The summed E-state index contributed by atoms with van der Waals surface area (Å²) in [6.45, 7) is -2.52.